The quantitative estimate of drug-likeness (QED) is 0.695. The van der Waals surface area contributed by atoms with Crippen LogP contribution in [0.15, 0.2) is 48.5 Å². The first-order valence-electron chi connectivity index (χ1n) is 10.8. The molecule has 2 bridgehead atoms. The summed E-state index contributed by atoms with van der Waals surface area (Å²) in [6, 6.07) is 14.9. The second-order valence-electron chi connectivity index (χ2n) is 9.22. The minimum Gasteiger partial charge on any atom is -0.493 e. The summed E-state index contributed by atoms with van der Waals surface area (Å²) in [5, 5.41) is 9.03. The second kappa shape index (κ2) is 7.64. The number of rotatable bonds is 5. The summed E-state index contributed by atoms with van der Waals surface area (Å²) in [7, 11) is 0. The number of likely N-dealkylation sites (tertiary alicyclic amines) is 1. The van der Waals surface area contributed by atoms with Gasteiger partial charge in [-0.05, 0) is 67.0 Å². The van der Waals surface area contributed by atoms with Gasteiger partial charge >= 0.3 is 0 Å². The van der Waals surface area contributed by atoms with E-state index in [1.54, 1.807) is 35.2 Å². The summed E-state index contributed by atoms with van der Waals surface area (Å²) in [6.07, 6.45) is 1.48. The number of fused-ring (bicyclic) bond motifs is 1. The Morgan fingerprint density at radius 2 is 2.00 bits per heavy atom. The molecule has 31 heavy (non-hydrogen) atoms. The highest BCUT2D eigenvalue weighted by molar-refractivity contribution is 5.85. The Balaban J connectivity index is 1.27. The number of nitrogens with zero attached hydrogens (tertiary/aromatic N) is 2. The van der Waals surface area contributed by atoms with E-state index in [0.717, 1.165) is 19.3 Å². The van der Waals surface area contributed by atoms with Crippen molar-refractivity contribution in [3.8, 4) is 11.8 Å². The number of carbonyl (C=O) groups is 1. The molecule has 3 atom stereocenters. The first kappa shape index (κ1) is 20.0. The maximum Gasteiger partial charge on any atom is 0.229 e. The average Bonchev–Trinajstić information content (AvgIpc) is 3.43. The Bertz CT molecular complexity index is 1040. The molecule has 1 saturated heterocycles. The van der Waals surface area contributed by atoms with Gasteiger partial charge in [-0.1, -0.05) is 18.2 Å². The van der Waals surface area contributed by atoms with Crippen LogP contribution in [0.4, 0.5) is 8.78 Å². The molecule has 0 aromatic heterocycles. The molecular formula is C25H24F2N2O2. The molecule has 4 aliphatic rings. The van der Waals surface area contributed by atoms with Gasteiger partial charge in [0.05, 0.1) is 36.2 Å². The largest absolute Gasteiger partial charge is 0.493 e. The van der Waals surface area contributed by atoms with Crippen LogP contribution in [0.2, 0.25) is 0 Å². The van der Waals surface area contributed by atoms with Gasteiger partial charge < -0.3 is 9.64 Å². The lowest BCUT2D eigenvalue weighted by atomic mass is 9.68. The number of halogens is 2. The van der Waals surface area contributed by atoms with Crippen molar-refractivity contribution in [1.29, 1.82) is 5.26 Å². The number of alkyl halides is 1. The molecule has 2 aromatic carbocycles. The van der Waals surface area contributed by atoms with Gasteiger partial charge in [0.15, 0.2) is 0 Å². The van der Waals surface area contributed by atoms with Crippen molar-refractivity contribution in [3.05, 3.63) is 65.5 Å². The van der Waals surface area contributed by atoms with Crippen molar-refractivity contribution in [2.45, 2.75) is 37.9 Å². The fourth-order valence-corrected chi connectivity index (χ4v) is 5.77. The van der Waals surface area contributed by atoms with Crippen molar-refractivity contribution in [3.63, 3.8) is 0 Å². The van der Waals surface area contributed by atoms with E-state index >= 15 is 0 Å². The summed E-state index contributed by atoms with van der Waals surface area (Å²) in [5.74, 6) is 1.000. The van der Waals surface area contributed by atoms with Crippen LogP contribution in [0.1, 0.15) is 42.9 Å². The summed E-state index contributed by atoms with van der Waals surface area (Å²) in [6.45, 7) is 0.586. The zero-order valence-corrected chi connectivity index (χ0v) is 17.1. The zero-order valence-electron chi connectivity index (χ0n) is 17.1. The fourth-order valence-electron chi connectivity index (χ4n) is 5.77. The predicted octanol–water partition coefficient (Wildman–Crippen LogP) is 4.80. The van der Waals surface area contributed by atoms with Gasteiger partial charge in [-0.15, -0.1) is 0 Å². The van der Waals surface area contributed by atoms with Gasteiger partial charge in [-0.25, -0.2) is 8.78 Å². The number of nitriles is 1. The van der Waals surface area contributed by atoms with Crippen LogP contribution in [0, 0.1) is 34.4 Å². The molecule has 0 N–H and O–H groups in total. The van der Waals surface area contributed by atoms with Crippen LogP contribution in [-0.2, 0) is 4.79 Å². The monoisotopic (exact) mass is 422 g/mol. The number of amides is 1. The molecule has 3 unspecified atom stereocenters. The predicted molar refractivity (Wildman–Crippen MR) is 110 cm³/mol. The van der Waals surface area contributed by atoms with Gasteiger partial charge in [0, 0.05) is 6.42 Å². The van der Waals surface area contributed by atoms with E-state index in [0.29, 0.717) is 29.4 Å². The summed E-state index contributed by atoms with van der Waals surface area (Å²) < 4.78 is 34.0. The summed E-state index contributed by atoms with van der Waals surface area (Å²) in [5.41, 5.74) is 0.775. The Labute approximate surface area is 180 Å². The second-order valence-corrected chi connectivity index (χ2v) is 9.22. The molecule has 2 aromatic rings. The maximum absolute atomic E-state index is 14.3. The Morgan fingerprint density at radius 1 is 1.19 bits per heavy atom. The average molecular weight is 422 g/mol. The molecule has 3 aliphatic carbocycles. The van der Waals surface area contributed by atoms with Crippen LogP contribution in [0.3, 0.4) is 0 Å². The molecule has 6 rings (SSSR count). The van der Waals surface area contributed by atoms with Crippen molar-refractivity contribution in [2.24, 2.45) is 17.3 Å². The third-order valence-electron chi connectivity index (χ3n) is 7.25. The summed E-state index contributed by atoms with van der Waals surface area (Å²) >= 11 is 0. The molecule has 6 heteroatoms. The normalized spacial score (nSPS) is 31.2. The third-order valence-corrected chi connectivity index (χ3v) is 7.25. The van der Waals surface area contributed by atoms with Crippen molar-refractivity contribution in [2.75, 3.05) is 13.2 Å². The Kier molecular flexibility index (Phi) is 4.92. The third kappa shape index (κ3) is 3.56. The fraction of sp³-hybridized carbons (Fsp3) is 0.440. The van der Waals surface area contributed by atoms with Gasteiger partial charge in [-0.3, -0.25) is 4.79 Å². The zero-order chi connectivity index (χ0) is 21.6. The lowest BCUT2D eigenvalue weighted by molar-refractivity contribution is -0.147. The molecule has 4 nitrogen and oxygen atoms in total. The van der Waals surface area contributed by atoms with Crippen molar-refractivity contribution >= 4 is 5.91 Å². The van der Waals surface area contributed by atoms with Gasteiger partial charge in [0.2, 0.25) is 5.91 Å². The molecule has 3 saturated carbocycles. The van der Waals surface area contributed by atoms with Crippen LogP contribution < -0.4 is 4.74 Å². The SMILES string of the molecule is N#Cc1cccc(OCC2CC3(C(=O)N4CC(F)CC4c4cccc(F)c4)CC2C3)c1. The number of hydrogen-bond donors (Lipinski definition) is 0. The van der Waals surface area contributed by atoms with E-state index in [1.165, 1.54) is 12.1 Å². The highest BCUT2D eigenvalue weighted by atomic mass is 19.1. The molecule has 4 fully saturated rings. The van der Waals surface area contributed by atoms with E-state index < -0.39 is 17.6 Å². The standard InChI is InChI=1S/C25H24F2N2O2/c26-20-5-2-4-17(8-20)23-9-21(27)14-29(23)24(30)25-10-18(11-25)19(12-25)15-31-22-6-1-3-16(7-22)13-28/h1-8,18-19,21,23H,9-12,14-15H2. The van der Waals surface area contributed by atoms with Crippen molar-refractivity contribution < 1.29 is 18.3 Å². The van der Waals surface area contributed by atoms with E-state index in [9.17, 15) is 13.6 Å². The van der Waals surface area contributed by atoms with Crippen LogP contribution in [-0.4, -0.2) is 30.1 Å². The molecule has 160 valence electrons. The molecule has 0 radical (unpaired) electrons. The minimum atomic E-state index is -1.09. The van der Waals surface area contributed by atoms with E-state index in [-0.39, 0.29) is 30.6 Å². The highest BCUT2D eigenvalue weighted by Crippen LogP contribution is 2.63. The van der Waals surface area contributed by atoms with Gasteiger partial charge in [0.1, 0.15) is 17.7 Å². The maximum atomic E-state index is 14.3. The van der Waals surface area contributed by atoms with E-state index in [1.807, 2.05) is 6.07 Å². The van der Waals surface area contributed by atoms with Crippen molar-refractivity contribution in [1.82, 2.24) is 4.90 Å². The number of carbonyl (C=O) groups excluding carboxylic acids is 1. The minimum absolute atomic E-state index is 0.00661. The van der Waals surface area contributed by atoms with E-state index in [4.69, 9.17) is 10.00 Å². The first-order valence-corrected chi connectivity index (χ1v) is 10.8. The van der Waals surface area contributed by atoms with Crippen LogP contribution in [0.5, 0.6) is 5.75 Å². The molecular weight excluding hydrogens is 398 g/mol. The van der Waals surface area contributed by atoms with Crippen LogP contribution in [0.25, 0.3) is 0 Å². The molecule has 1 aliphatic heterocycles. The van der Waals surface area contributed by atoms with Gasteiger partial charge in [0.25, 0.3) is 0 Å². The number of benzene rings is 2. The smallest absolute Gasteiger partial charge is 0.229 e. The number of ether oxygens (including phenoxy) is 1. The first-order chi connectivity index (χ1) is 15.0. The van der Waals surface area contributed by atoms with Gasteiger partial charge in [-0.2, -0.15) is 5.26 Å². The molecule has 1 heterocycles. The molecule has 0 spiro atoms. The lowest BCUT2D eigenvalue weighted by Crippen LogP contribution is -2.46. The van der Waals surface area contributed by atoms with E-state index in [2.05, 4.69) is 6.07 Å². The number of hydrogen-bond acceptors (Lipinski definition) is 3. The Hall–Kier alpha value is -2.94. The lowest BCUT2D eigenvalue weighted by Gasteiger charge is -2.41. The topological polar surface area (TPSA) is 53.3 Å². The van der Waals surface area contributed by atoms with Crippen LogP contribution >= 0.6 is 0 Å². The summed E-state index contributed by atoms with van der Waals surface area (Å²) in [4.78, 5) is 15.2. The Morgan fingerprint density at radius 3 is 2.77 bits per heavy atom. The molecule has 1 amide bonds. The highest BCUT2D eigenvalue weighted by Gasteiger charge is 2.62.